The van der Waals surface area contributed by atoms with Crippen LogP contribution >= 0.6 is 0 Å². The average Bonchev–Trinajstić information content (AvgIpc) is 2.71. The van der Waals surface area contributed by atoms with Gasteiger partial charge < -0.3 is 0 Å². The molecule has 3 rings (SSSR count). The molecule has 2 aliphatic rings. The highest BCUT2D eigenvalue weighted by molar-refractivity contribution is 6.22. The second-order valence-corrected chi connectivity index (χ2v) is 4.91. The van der Waals surface area contributed by atoms with Gasteiger partial charge in [0.25, 0.3) is 0 Å². The van der Waals surface area contributed by atoms with E-state index >= 15 is 0 Å². The fourth-order valence-corrected chi connectivity index (χ4v) is 2.85. The fraction of sp³-hybridized carbons (Fsp3) is 0.267. The van der Waals surface area contributed by atoms with Crippen LogP contribution in [0.3, 0.4) is 0 Å². The van der Waals surface area contributed by atoms with Crippen LogP contribution in [0.4, 0.5) is 10.1 Å². The molecule has 1 aliphatic heterocycles. The molecule has 2 amide bonds. The molecule has 0 N–H and O–H groups in total. The topological polar surface area (TPSA) is 61.2 Å². The minimum Gasteiger partial charge on any atom is -0.274 e. The highest BCUT2D eigenvalue weighted by Crippen LogP contribution is 2.38. The van der Waals surface area contributed by atoms with E-state index in [2.05, 4.69) is 0 Å². The Morgan fingerprint density at radius 1 is 1.15 bits per heavy atom. The number of benzene rings is 1. The minimum absolute atomic E-state index is 0.0527. The van der Waals surface area contributed by atoms with E-state index in [9.17, 15) is 14.0 Å². The predicted molar refractivity (Wildman–Crippen MR) is 69.0 cm³/mol. The zero-order chi connectivity index (χ0) is 14.3. The van der Waals surface area contributed by atoms with Gasteiger partial charge in [-0.1, -0.05) is 18.2 Å². The van der Waals surface area contributed by atoms with E-state index in [1.165, 1.54) is 12.1 Å². The van der Waals surface area contributed by atoms with Crippen LogP contribution in [0.2, 0.25) is 0 Å². The summed E-state index contributed by atoms with van der Waals surface area (Å²) in [5.74, 6) is -2.18. The predicted octanol–water partition coefficient (Wildman–Crippen LogP) is 2.15. The second kappa shape index (κ2) is 4.57. The number of carbonyl (C=O) groups excluding carboxylic acids is 2. The molecule has 20 heavy (non-hydrogen) atoms. The Bertz CT molecular complexity index is 649. The van der Waals surface area contributed by atoms with E-state index < -0.39 is 5.82 Å². The molecule has 0 aromatic heterocycles. The largest absolute Gasteiger partial charge is 0.274 e. The van der Waals surface area contributed by atoms with Crippen molar-refractivity contribution in [3.05, 3.63) is 41.7 Å². The van der Waals surface area contributed by atoms with Crippen molar-refractivity contribution in [2.24, 2.45) is 11.8 Å². The van der Waals surface area contributed by atoms with Crippen LogP contribution in [-0.2, 0) is 9.59 Å². The first-order chi connectivity index (χ1) is 9.65. The number of fused-ring (bicyclic) bond motifs is 1. The quantitative estimate of drug-likeness (QED) is 0.580. The van der Waals surface area contributed by atoms with Crippen molar-refractivity contribution in [3.63, 3.8) is 0 Å². The zero-order valence-electron chi connectivity index (χ0n) is 10.5. The lowest BCUT2D eigenvalue weighted by atomic mass is 9.85. The van der Waals surface area contributed by atoms with Gasteiger partial charge in [-0.3, -0.25) is 9.59 Å². The van der Waals surface area contributed by atoms with Gasteiger partial charge in [0, 0.05) is 0 Å². The first kappa shape index (κ1) is 12.5. The van der Waals surface area contributed by atoms with E-state index in [1.54, 1.807) is 6.07 Å². The van der Waals surface area contributed by atoms with Crippen LogP contribution in [0.5, 0.6) is 0 Å². The number of nitriles is 1. The smallest absolute Gasteiger partial charge is 0.238 e. The number of amides is 2. The minimum atomic E-state index is -0.724. The van der Waals surface area contributed by atoms with Gasteiger partial charge in [-0.15, -0.1) is 0 Å². The number of nitrogens with zero attached hydrogens (tertiary/aromatic N) is 2. The fourth-order valence-electron chi connectivity index (χ4n) is 2.85. The summed E-state index contributed by atoms with van der Waals surface area (Å²) in [4.78, 5) is 25.7. The number of allylic oxidation sites excluding steroid dienone is 2. The summed E-state index contributed by atoms with van der Waals surface area (Å²) >= 11 is 0. The maximum Gasteiger partial charge on any atom is 0.238 e. The number of hydrogen-bond donors (Lipinski definition) is 0. The lowest BCUT2D eigenvalue weighted by molar-refractivity contribution is -0.122. The van der Waals surface area contributed by atoms with Crippen molar-refractivity contribution in [1.29, 1.82) is 5.26 Å². The molecule has 4 nitrogen and oxygen atoms in total. The van der Waals surface area contributed by atoms with Gasteiger partial charge >= 0.3 is 0 Å². The van der Waals surface area contributed by atoms with Crippen molar-refractivity contribution in [2.45, 2.75) is 12.8 Å². The SMILES string of the molecule is N#Cc1c(F)cccc1N1C(=O)C2CC=CCC2C1=O. The van der Waals surface area contributed by atoms with Crippen LogP contribution in [0.25, 0.3) is 0 Å². The summed E-state index contributed by atoms with van der Waals surface area (Å²) in [6.07, 6.45) is 4.80. The Hall–Kier alpha value is -2.48. The number of imide groups is 1. The van der Waals surface area contributed by atoms with Crippen LogP contribution in [0.15, 0.2) is 30.4 Å². The molecule has 1 saturated heterocycles. The first-order valence-electron chi connectivity index (χ1n) is 6.36. The highest BCUT2D eigenvalue weighted by atomic mass is 19.1. The Labute approximate surface area is 115 Å². The first-order valence-corrected chi connectivity index (χ1v) is 6.36. The van der Waals surface area contributed by atoms with Crippen LogP contribution in [0.1, 0.15) is 18.4 Å². The lowest BCUT2D eigenvalue weighted by Gasteiger charge is -2.16. The van der Waals surface area contributed by atoms with Gasteiger partial charge in [0.05, 0.1) is 17.5 Å². The average molecular weight is 270 g/mol. The molecule has 2 unspecified atom stereocenters. The molecule has 1 fully saturated rings. The number of halogens is 1. The Balaban J connectivity index is 2.08. The van der Waals surface area contributed by atoms with E-state index in [-0.39, 0.29) is 34.9 Å². The Morgan fingerprint density at radius 2 is 1.75 bits per heavy atom. The number of carbonyl (C=O) groups is 2. The van der Waals surface area contributed by atoms with Crippen molar-refractivity contribution < 1.29 is 14.0 Å². The van der Waals surface area contributed by atoms with Crippen molar-refractivity contribution in [3.8, 4) is 6.07 Å². The number of hydrogen-bond acceptors (Lipinski definition) is 3. The molecule has 1 heterocycles. The maximum atomic E-state index is 13.6. The van der Waals surface area contributed by atoms with Crippen molar-refractivity contribution in [1.82, 2.24) is 0 Å². The Morgan fingerprint density at radius 3 is 2.30 bits per heavy atom. The van der Waals surface area contributed by atoms with Gasteiger partial charge in [-0.25, -0.2) is 9.29 Å². The van der Waals surface area contributed by atoms with Gasteiger partial charge in [-0.05, 0) is 25.0 Å². The summed E-state index contributed by atoms with van der Waals surface area (Å²) in [5, 5.41) is 9.04. The molecule has 0 radical (unpaired) electrons. The standard InChI is InChI=1S/C15H11FN2O2/c16-12-6-3-7-13(11(12)8-17)18-14(19)9-4-1-2-5-10(9)15(18)20/h1-3,6-7,9-10H,4-5H2. The molecule has 0 bridgehead atoms. The number of rotatable bonds is 1. The van der Waals surface area contributed by atoms with E-state index in [0.717, 1.165) is 11.0 Å². The molecule has 1 aromatic carbocycles. The molecule has 100 valence electrons. The van der Waals surface area contributed by atoms with Gasteiger partial charge in [0.2, 0.25) is 11.8 Å². The molecule has 2 atom stereocenters. The van der Waals surface area contributed by atoms with Crippen LogP contribution in [-0.4, -0.2) is 11.8 Å². The molecule has 5 heteroatoms. The molecular weight excluding hydrogens is 259 g/mol. The normalized spacial score (nSPS) is 24.7. The zero-order valence-corrected chi connectivity index (χ0v) is 10.5. The summed E-state index contributed by atoms with van der Waals surface area (Å²) in [5.41, 5.74) is -0.210. The maximum absolute atomic E-state index is 13.6. The molecule has 0 saturated carbocycles. The van der Waals surface area contributed by atoms with Gasteiger partial charge in [-0.2, -0.15) is 5.26 Å². The molecule has 0 spiro atoms. The second-order valence-electron chi connectivity index (χ2n) is 4.91. The van der Waals surface area contributed by atoms with E-state index in [0.29, 0.717) is 12.8 Å². The monoisotopic (exact) mass is 270 g/mol. The molecular formula is C15H11FN2O2. The third-order valence-corrected chi connectivity index (χ3v) is 3.85. The molecule has 1 aromatic rings. The van der Waals surface area contributed by atoms with Gasteiger partial charge in [0.1, 0.15) is 17.4 Å². The summed E-state index contributed by atoms with van der Waals surface area (Å²) < 4.78 is 13.6. The van der Waals surface area contributed by atoms with Crippen LogP contribution < -0.4 is 4.90 Å². The molecule has 1 aliphatic carbocycles. The lowest BCUT2D eigenvalue weighted by Crippen LogP contribution is -2.31. The third kappa shape index (κ3) is 1.65. The van der Waals surface area contributed by atoms with Crippen molar-refractivity contribution in [2.75, 3.05) is 4.90 Å². The van der Waals surface area contributed by atoms with E-state index in [1.807, 2.05) is 12.2 Å². The highest BCUT2D eigenvalue weighted by Gasteiger charge is 2.48. The Kier molecular flexibility index (Phi) is 2.87. The van der Waals surface area contributed by atoms with E-state index in [4.69, 9.17) is 5.26 Å². The van der Waals surface area contributed by atoms with Crippen LogP contribution in [0, 0.1) is 29.0 Å². The van der Waals surface area contributed by atoms with Gasteiger partial charge in [0.15, 0.2) is 0 Å². The number of anilines is 1. The summed E-state index contributed by atoms with van der Waals surface area (Å²) in [6.45, 7) is 0. The third-order valence-electron chi connectivity index (χ3n) is 3.85. The summed E-state index contributed by atoms with van der Waals surface area (Å²) in [6, 6.07) is 5.69. The summed E-state index contributed by atoms with van der Waals surface area (Å²) in [7, 11) is 0. The van der Waals surface area contributed by atoms with Crippen molar-refractivity contribution >= 4 is 17.5 Å².